The second-order valence-corrected chi connectivity index (χ2v) is 4.80. The standard InChI is InChI=1S/C18H22O4/c1-15-4-3-5-18(14-15)22-13-11-20-10-12-21-17-8-6-16(19-2)7-9-17/h3-9,14H,10-13H2,1-2H3. The van der Waals surface area contributed by atoms with Gasteiger partial charge in [-0.3, -0.25) is 0 Å². The molecule has 0 saturated carbocycles. The zero-order chi connectivity index (χ0) is 15.6. The van der Waals surface area contributed by atoms with E-state index in [9.17, 15) is 0 Å². The average molecular weight is 302 g/mol. The molecule has 2 rings (SSSR count). The lowest BCUT2D eigenvalue weighted by atomic mass is 10.2. The number of hydrogen-bond acceptors (Lipinski definition) is 4. The maximum absolute atomic E-state index is 5.60. The zero-order valence-electron chi connectivity index (χ0n) is 13.1. The van der Waals surface area contributed by atoms with E-state index in [0.29, 0.717) is 26.4 Å². The predicted molar refractivity (Wildman–Crippen MR) is 86.0 cm³/mol. The van der Waals surface area contributed by atoms with Crippen LogP contribution >= 0.6 is 0 Å². The monoisotopic (exact) mass is 302 g/mol. The molecule has 0 aromatic heterocycles. The molecule has 0 heterocycles. The van der Waals surface area contributed by atoms with Crippen LogP contribution in [0.5, 0.6) is 17.2 Å². The highest BCUT2D eigenvalue weighted by molar-refractivity contribution is 5.31. The van der Waals surface area contributed by atoms with Gasteiger partial charge in [0, 0.05) is 0 Å². The van der Waals surface area contributed by atoms with Crippen molar-refractivity contribution < 1.29 is 18.9 Å². The normalized spacial score (nSPS) is 10.3. The van der Waals surface area contributed by atoms with Crippen LogP contribution in [0.3, 0.4) is 0 Å². The van der Waals surface area contributed by atoms with Gasteiger partial charge in [0.1, 0.15) is 30.5 Å². The van der Waals surface area contributed by atoms with E-state index in [0.717, 1.165) is 17.2 Å². The van der Waals surface area contributed by atoms with Crippen molar-refractivity contribution in [3.63, 3.8) is 0 Å². The van der Waals surface area contributed by atoms with Gasteiger partial charge in [-0.2, -0.15) is 0 Å². The fourth-order valence-electron chi connectivity index (χ4n) is 1.92. The van der Waals surface area contributed by atoms with E-state index in [4.69, 9.17) is 18.9 Å². The number of hydrogen-bond donors (Lipinski definition) is 0. The highest BCUT2D eigenvalue weighted by Crippen LogP contribution is 2.16. The summed E-state index contributed by atoms with van der Waals surface area (Å²) in [4.78, 5) is 0. The number of rotatable bonds is 9. The third kappa shape index (κ3) is 5.66. The largest absolute Gasteiger partial charge is 0.497 e. The van der Waals surface area contributed by atoms with Crippen molar-refractivity contribution >= 4 is 0 Å². The van der Waals surface area contributed by atoms with Crippen molar-refractivity contribution in [2.45, 2.75) is 6.92 Å². The molecule has 0 bridgehead atoms. The molecule has 118 valence electrons. The minimum Gasteiger partial charge on any atom is -0.497 e. The van der Waals surface area contributed by atoms with Crippen molar-refractivity contribution in [1.82, 2.24) is 0 Å². The molecule has 0 fully saturated rings. The molecule has 4 heteroatoms. The molecule has 0 aliphatic heterocycles. The molecule has 0 aliphatic rings. The van der Waals surface area contributed by atoms with Crippen LogP contribution in [0.25, 0.3) is 0 Å². The summed E-state index contributed by atoms with van der Waals surface area (Å²) in [7, 11) is 1.64. The summed E-state index contributed by atoms with van der Waals surface area (Å²) in [6.45, 7) is 4.16. The minimum absolute atomic E-state index is 0.511. The van der Waals surface area contributed by atoms with Gasteiger partial charge in [0.2, 0.25) is 0 Å². The van der Waals surface area contributed by atoms with Crippen LogP contribution < -0.4 is 14.2 Å². The summed E-state index contributed by atoms with van der Waals surface area (Å²) in [6.07, 6.45) is 0. The molecule has 0 aliphatic carbocycles. The van der Waals surface area contributed by atoms with Crippen LogP contribution in [0.2, 0.25) is 0 Å². The molecule has 0 amide bonds. The number of aryl methyl sites for hydroxylation is 1. The van der Waals surface area contributed by atoms with Crippen LogP contribution in [0.4, 0.5) is 0 Å². The number of methoxy groups -OCH3 is 1. The van der Waals surface area contributed by atoms with Gasteiger partial charge in [-0.05, 0) is 48.9 Å². The summed E-state index contributed by atoms with van der Waals surface area (Å²) >= 11 is 0. The molecule has 0 radical (unpaired) electrons. The Morgan fingerprint density at radius 1 is 0.727 bits per heavy atom. The van der Waals surface area contributed by atoms with E-state index in [1.165, 1.54) is 5.56 Å². The van der Waals surface area contributed by atoms with Crippen molar-refractivity contribution in [2.75, 3.05) is 33.5 Å². The number of benzene rings is 2. The third-order valence-corrected chi connectivity index (χ3v) is 3.04. The Hall–Kier alpha value is -2.20. The molecular formula is C18H22O4. The van der Waals surface area contributed by atoms with Gasteiger partial charge in [-0.1, -0.05) is 12.1 Å². The molecule has 0 spiro atoms. The smallest absolute Gasteiger partial charge is 0.119 e. The first kappa shape index (κ1) is 16.2. The molecular weight excluding hydrogens is 280 g/mol. The molecule has 4 nitrogen and oxygen atoms in total. The van der Waals surface area contributed by atoms with Crippen LogP contribution in [-0.4, -0.2) is 33.5 Å². The summed E-state index contributed by atoms with van der Waals surface area (Å²) in [6, 6.07) is 15.5. The third-order valence-electron chi connectivity index (χ3n) is 3.04. The Morgan fingerprint density at radius 3 is 2.00 bits per heavy atom. The first-order chi connectivity index (χ1) is 10.8. The summed E-state index contributed by atoms with van der Waals surface area (Å²) in [5.74, 6) is 2.50. The minimum atomic E-state index is 0.511. The lowest BCUT2D eigenvalue weighted by Crippen LogP contribution is -2.12. The maximum Gasteiger partial charge on any atom is 0.119 e. The van der Waals surface area contributed by atoms with Crippen molar-refractivity contribution in [3.05, 3.63) is 54.1 Å². The SMILES string of the molecule is COc1ccc(OCCOCCOc2cccc(C)c2)cc1. The van der Waals surface area contributed by atoms with Gasteiger partial charge in [0.25, 0.3) is 0 Å². The van der Waals surface area contributed by atoms with E-state index in [2.05, 4.69) is 0 Å². The van der Waals surface area contributed by atoms with Gasteiger partial charge in [-0.15, -0.1) is 0 Å². The molecule has 0 atom stereocenters. The first-order valence-electron chi connectivity index (χ1n) is 7.32. The topological polar surface area (TPSA) is 36.9 Å². The Bertz CT molecular complexity index is 551. The second-order valence-electron chi connectivity index (χ2n) is 4.80. The van der Waals surface area contributed by atoms with Gasteiger partial charge in [0.15, 0.2) is 0 Å². The summed E-state index contributed by atoms with van der Waals surface area (Å²) in [5, 5.41) is 0. The highest BCUT2D eigenvalue weighted by atomic mass is 16.5. The van der Waals surface area contributed by atoms with Crippen LogP contribution in [0.1, 0.15) is 5.56 Å². The first-order valence-corrected chi connectivity index (χ1v) is 7.32. The molecule has 0 N–H and O–H groups in total. The molecule has 2 aromatic rings. The molecule has 0 unspecified atom stereocenters. The Labute approximate surface area is 131 Å². The lowest BCUT2D eigenvalue weighted by Gasteiger charge is -2.09. The van der Waals surface area contributed by atoms with Gasteiger partial charge in [0.05, 0.1) is 20.3 Å². The van der Waals surface area contributed by atoms with E-state index >= 15 is 0 Å². The number of ether oxygens (including phenoxy) is 4. The van der Waals surface area contributed by atoms with E-state index in [1.807, 2.05) is 55.5 Å². The summed E-state index contributed by atoms with van der Waals surface area (Å²) < 4.78 is 21.7. The predicted octanol–water partition coefficient (Wildman–Crippen LogP) is 3.48. The Balaban J connectivity index is 1.54. The molecule has 0 saturated heterocycles. The van der Waals surface area contributed by atoms with E-state index < -0.39 is 0 Å². The average Bonchev–Trinajstić information content (AvgIpc) is 2.54. The van der Waals surface area contributed by atoms with Crippen LogP contribution in [-0.2, 0) is 4.74 Å². The van der Waals surface area contributed by atoms with Crippen molar-refractivity contribution in [3.8, 4) is 17.2 Å². The van der Waals surface area contributed by atoms with E-state index in [1.54, 1.807) is 7.11 Å². The maximum atomic E-state index is 5.60. The second kappa shape index (κ2) is 8.95. The lowest BCUT2D eigenvalue weighted by molar-refractivity contribution is 0.0764. The van der Waals surface area contributed by atoms with Crippen LogP contribution in [0, 0.1) is 6.92 Å². The van der Waals surface area contributed by atoms with Crippen LogP contribution in [0.15, 0.2) is 48.5 Å². The molecule has 2 aromatic carbocycles. The van der Waals surface area contributed by atoms with Crippen molar-refractivity contribution in [2.24, 2.45) is 0 Å². The zero-order valence-corrected chi connectivity index (χ0v) is 13.1. The van der Waals surface area contributed by atoms with Gasteiger partial charge < -0.3 is 18.9 Å². The molecule has 22 heavy (non-hydrogen) atoms. The highest BCUT2D eigenvalue weighted by Gasteiger charge is 1.97. The Kier molecular flexibility index (Phi) is 6.58. The summed E-state index contributed by atoms with van der Waals surface area (Å²) in [5.41, 5.74) is 1.19. The quantitative estimate of drug-likeness (QED) is 0.665. The van der Waals surface area contributed by atoms with Gasteiger partial charge >= 0.3 is 0 Å². The Morgan fingerprint density at radius 2 is 1.36 bits per heavy atom. The van der Waals surface area contributed by atoms with Gasteiger partial charge in [-0.25, -0.2) is 0 Å². The van der Waals surface area contributed by atoms with Crippen molar-refractivity contribution in [1.29, 1.82) is 0 Å². The fraction of sp³-hybridized carbons (Fsp3) is 0.333. The fourth-order valence-corrected chi connectivity index (χ4v) is 1.92. The van der Waals surface area contributed by atoms with E-state index in [-0.39, 0.29) is 0 Å².